The minimum Gasteiger partial charge on any atom is -0.295 e. The molecule has 0 amide bonds. The molecule has 5 aromatic rings. The quantitative estimate of drug-likeness (QED) is 0.256. The third-order valence-corrected chi connectivity index (χ3v) is 7.84. The van der Waals surface area contributed by atoms with E-state index in [1.807, 2.05) is 6.07 Å². The van der Waals surface area contributed by atoms with Crippen molar-refractivity contribution in [3.63, 3.8) is 0 Å². The Hall–Kier alpha value is -1.85. The zero-order valence-corrected chi connectivity index (χ0v) is 20.1. The van der Waals surface area contributed by atoms with Gasteiger partial charge < -0.3 is 0 Å². The number of benzene rings is 1. The summed E-state index contributed by atoms with van der Waals surface area (Å²) in [7, 11) is 0. The number of pyridine rings is 1. The number of imidazole rings is 1. The van der Waals surface area contributed by atoms with Crippen LogP contribution in [0.5, 0.6) is 0 Å². The molecule has 4 heterocycles. The van der Waals surface area contributed by atoms with Crippen LogP contribution in [0.3, 0.4) is 0 Å². The highest BCUT2D eigenvalue weighted by Gasteiger charge is 2.24. The molecule has 0 aliphatic carbocycles. The number of nitrogens with zero attached hydrogens (tertiary/aromatic N) is 2. The van der Waals surface area contributed by atoms with Gasteiger partial charge in [-0.2, -0.15) is 0 Å². The van der Waals surface area contributed by atoms with E-state index >= 15 is 0 Å². The maximum atomic E-state index is 6.43. The largest absolute Gasteiger partial charge is 0.295 e. The maximum absolute atomic E-state index is 6.43. The summed E-state index contributed by atoms with van der Waals surface area (Å²) in [6.07, 6.45) is 2.04. The topological polar surface area (TPSA) is 17.3 Å². The van der Waals surface area contributed by atoms with E-state index in [0.717, 1.165) is 55.1 Å². The van der Waals surface area contributed by atoms with Crippen LogP contribution < -0.4 is 0 Å². The minimum atomic E-state index is 0.782. The van der Waals surface area contributed by atoms with Crippen molar-refractivity contribution in [1.29, 1.82) is 0 Å². The summed E-state index contributed by atoms with van der Waals surface area (Å²) in [5.41, 5.74) is 6.57. The number of fused-ring (bicyclic) bond motifs is 3. The SMILES string of the molecule is CCCc1cc2ccccc2c2nc(-c3cc(Cl)sc3C)c(-c3cc(Cl)sc3C)n12. The lowest BCUT2D eigenvalue weighted by atomic mass is 10.1. The zero-order valence-electron chi connectivity index (χ0n) is 16.9. The lowest BCUT2D eigenvalue weighted by Gasteiger charge is -2.12. The molecular weight excluding hydrogens is 451 g/mol. The van der Waals surface area contributed by atoms with Crippen LogP contribution in [0.15, 0.2) is 42.5 Å². The van der Waals surface area contributed by atoms with Crippen molar-refractivity contribution in [1.82, 2.24) is 9.38 Å². The fourth-order valence-electron chi connectivity index (χ4n) is 4.19. The van der Waals surface area contributed by atoms with Crippen molar-refractivity contribution in [2.24, 2.45) is 0 Å². The first-order chi connectivity index (χ1) is 14.5. The van der Waals surface area contributed by atoms with Crippen LogP contribution in [0.25, 0.3) is 38.9 Å². The third kappa shape index (κ3) is 3.18. The highest BCUT2D eigenvalue weighted by molar-refractivity contribution is 7.17. The molecule has 0 unspecified atom stereocenters. The van der Waals surface area contributed by atoms with Crippen molar-refractivity contribution < 1.29 is 0 Å². The zero-order chi connectivity index (χ0) is 21.0. The molecule has 2 nitrogen and oxygen atoms in total. The van der Waals surface area contributed by atoms with Gasteiger partial charge in [0.25, 0.3) is 0 Å². The summed E-state index contributed by atoms with van der Waals surface area (Å²) in [5.74, 6) is 0. The minimum absolute atomic E-state index is 0.782. The molecule has 5 rings (SSSR count). The van der Waals surface area contributed by atoms with Gasteiger partial charge in [0.05, 0.1) is 20.1 Å². The molecule has 0 spiro atoms. The van der Waals surface area contributed by atoms with Gasteiger partial charge in [0.1, 0.15) is 5.65 Å². The average Bonchev–Trinajstić information content (AvgIpc) is 3.36. The Labute approximate surface area is 193 Å². The molecule has 0 aliphatic rings. The van der Waals surface area contributed by atoms with E-state index in [4.69, 9.17) is 28.2 Å². The van der Waals surface area contributed by atoms with Crippen molar-refractivity contribution in [2.75, 3.05) is 0 Å². The molecular formula is C24H20Cl2N2S2. The Morgan fingerprint density at radius 2 is 1.60 bits per heavy atom. The maximum Gasteiger partial charge on any atom is 0.146 e. The predicted molar refractivity (Wildman–Crippen MR) is 133 cm³/mol. The van der Waals surface area contributed by atoms with Gasteiger partial charge in [0.2, 0.25) is 0 Å². The molecule has 0 bridgehead atoms. The van der Waals surface area contributed by atoms with E-state index in [9.17, 15) is 0 Å². The Kier molecular flexibility index (Phi) is 5.14. The van der Waals surface area contributed by atoms with Crippen LogP contribution in [0, 0.1) is 13.8 Å². The molecule has 30 heavy (non-hydrogen) atoms. The summed E-state index contributed by atoms with van der Waals surface area (Å²) in [5, 5.41) is 2.37. The van der Waals surface area contributed by atoms with Gasteiger partial charge in [0, 0.05) is 32.0 Å². The first-order valence-electron chi connectivity index (χ1n) is 9.93. The highest BCUT2D eigenvalue weighted by Crippen LogP contribution is 2.44. The Morgan fingerprint density at radius 1 is 0.933 bits per heavy atom. The smallest absolute Gasteiger partial charge is 0.146 e. The van der Waals surface area contributed by atoms with E-state index in [2.05, 4.69) is 61.6 Å². The summed E-state index contributed by atoms with van der Waals surface area (Å²) in [4.78, 5) is 7.59. The lowest BCUT2D eigenvalue weighted by molar-refractivity contribution is 0.866. The predicted octanol–water partition coefficient (Wildman–Crippen LogP) is 8.82. The normalized spacial score (nSPS) is 11.8. The van der Waals surface area contributed by atoms with Crippen LogP contribution in [0.4, 0.5) is 0 Å². The summed E-state index contributed by atoms with van der Waals surface area (Å²) >= 11 is 16.0. The second kappa shape index (κ2) is 7.69. The number of halogens is 2. The summed E-state index contributed by atoms with van der Waals surface area (Å²) < 4.78 is 3.92. The molecule has 4 aromatic heterocycles. The van der Waals surface area contributed by atoms with E-state index in [1.165, 1.54) is 20.8 Å². The van der Waals surface area contributed by atoms with Gasteiger partial charge in [-0.1, -0.05) is 60.8 Å². The molecule has 0 N–H and O–H groups in total. The summed E-state index contributed by atoms with van der Waals surface area (Å²) in [6, 6.07) is 14.9. The number of aryl methyl sites for hydroxylation is 3. The lowest BCUT2D eigenvalue weighted by Crippen LogP contribution is -2.00. The average molecular weight is 471 g/mol. The van der Waals surface area contributed by atoms with Gasteiger partial charge in [-0.05, 0) is 43.9 Å². The monoisotopic (exact) mass is 470 g/mol. The van der Waals surface area contributed by atoms with Gasteiger partial charge in [-0.15, -0.1) is 22.7 Å². The molecule has 0 saturated carbocycles. The van der Waals surface area contributed by atoms with E-state index in [0.29, 0.717) is 0 Å². The van der Waals surface area contributed by atoms with Crippen molar-refractivity contribution in [3.8, 4) is 22.5 Å². The second-order valence-electron chi connectivity index (χ2n) is 7.48. The Morgan fingerprint density at radius 3 is 2.23 bits per heavy atom. The van der Waals surface area contributed by atoms with Crippen LogP contribution in [0.2, 0.25) is 8.67 Å². The van der Waals surface area contributed by atoms with Crippen LogP contribution in [-0.2, 0) is 6.42 Å². The van der Waals surface area contributed by atoms with E-state index in [-0.39, 0.29) is 0 Å². The third-order valence-electron chi connectivity index (χ3n) is 5.48. The standard InChI is InChI=1S/C24H20Cl2N2S2/c1-4-7-16-10-15-8-5-6-9-17(15)24-27-22(18-11-20(25)29-13(18)2)23(28(16)24)19-12-21(26)30-14(19)3/h5-6,8-12H,4,7H2,1-3H3. The molecule has 6 heteroatoms. The molecule has 0 saturated heterocycles. The Bertz CT molecular complexity index is 1410. The molecule has 152 valence electrons. The molecule has 0 fully saturated rings. The van der Waals surface area contributed by atoms with Crippen molar-refractivity contribution >= 4 is 62.3 Å². The number of aromatic nitrogens is 2. The fraction of sp³-hybridized carbons (Fsp3) is 0.208. The molecule has 0 atom stereocenters. The van der Waals surface area contributed by atoms with Crippen LogP contribution >= 0.6 is 45.9 Å². The number of hydrogen-bond donors (Lipinski definition) is 0. The van der Waals surface area contributed by atoms with Crippen LogP contribution in [0.1, 0.15) is 28.8 Å². The fourth-order valence-corrected chi connectivity index (χ4v) is 6.57. The van der Waals surface area contributed by atoms with E-state index in [1.54, 1.807) is 22.7 Å². The number of rotatable bonds is 4. The molecule has 1 aromatic carbocycles. The highest BCUT2D eigenvalue weighted by atomic mass is 35.5. The Balaban J connectivity index is 1.99. The van der Waals surface area contributed by atoms with Gasteiger partial charge in [0.15, 0.2) is 0 Å². The number of thiophene rings is 2. The summed E-state index contributed by atoms with van der Waals surface area (Å²) in [6.45, 7) is 6.45. The van der Waals surface area contributed by atoms with Crippen molar-refractivity contribution in [2.45, 2.75) is 33.6 Å². The van der Waals surface area contributed by atoms with Gasteiger partial charge in [-0.25, -0.2) is 4.98 Å². The molecule has 0 radical (unpaired) electrons. The van der Waals surface area contributed by atoms with Gasteiger partial charge in [-0.3, -0.25) is 4.40 Å². The first-order valence-corrected chi connectivity index (χ1v) is 12.3. The van der Waals surface area contributed by atoms with E-state index < -0.39 is 0 Å². The van der Waals surface area contributed by atoms with Crippen molar-refractivity contribution in [3.05, 3.63) is 66.6 Å². The molecule has 0 aliphatic heterocycles. The first kappa shape index (κ1) is 20.1. The van der Waals surface area contributed by atoms with Crippen LogP contribution in [-0.4, -0.2) is 9.38 Å². The second-order valence-corrected chi connectivity index (χ2v) is 11.3. The van der Waals surface area contributed by atoms with Gasteiger partial charge >= 0.3 is 0 Å². The number of hydrogen-bond acceptors (Lipinski definition) is 3.